The van der Waals surface area contributed by atoms with Gasteiger partial charge in [-0.1, -0.05) is 18.3 Å². The van der Waals surface area contributed by atoms with Gasteiger partial charge in [0.1, 0.15) is 11.9 Å². The van der Waals surface area contributed by atoms with Crippen molar-refractivity contribution in [3.8, 4) is 10.9 Å². The molecule has 0 radical (unpaired) electrons. The molecule has 2 aromatic carbocycles. The number of carbonyl (C=O) groups excluding carboxylic acids is 1. The zero-order valence-electron chi connectivity index (χ0n) is 20.6. The van der Waals surface area contributed by atoms with Crippen LogP contribution in [0.3, 0.4) is 0 Å². The first-order valence-electron chi connectivity index (χ1n) is 12.3. The molecule has 2 fully saturated rings. The van der Waals surface area contributed by atoms with Crippen LogP contribution in [0.25, 0.3) is 10.2 Å². The van der Waals surface area contributed by atoms with E-state index in [0.717, 1.165) is 28.8 Å². The summed E-state index contributed by atoms with van der Waals surface area (Å²) in [4.78, 5) is 19.7. The first-order valence-corrected chi connectivity index (χ1v) is 14.6. The van der Waals surface area contributed by atoms with Crippen LogP contribution in [-0.2, 0) is 10.0 Å². The van der Waals surface area contributed by atoms with Crippen molar-refractivity contribution in [2.75, 3.05) is 33.3 Å². The van der Waals surface area contributed by atoms with Gasteiger partial charge in [-0.05, 0) is 61.2 Å². The highest BCUT2D eigenvalue weighted by Gasteiger charge is 2.29. The highest BCUT2D eigenvalue weighted by atomic mass is 32.2. The molecule has 2 saturated heterocycles. The highest BCUT2D eigenvalue weighted by molar-refractivity contribution is 7.89. The maximum absolute atomic E-state index is 13.1. The number of sulfonamides is 1. The average Bonchev–Trinajstić information content (AvgIpc) is 3.30. The molecule has 1 atom stereocenters. The van der Waals surface area contributed by atoms with Gasteiger partial charge in [-0.15, -0.1) is 0 Å². The predicted molar refractivity (Wildman–Crippen MR) is 139 cm³/mol. The topological polar surface area (TPSA) is 89.0 Å². The number of benzene rings is 2. The van der Waals surface area contributed by atoms with Crippen LogP contribution in [0, 0.1) is 5.92 Å². The Kier molecular flexibility index (Phi) is 7.18. The predicted octanol–water partition coefficient (Wildman–Crippen LogP) is 4.41. The number of likely N-dealkylation sites (tertiary alicyclic amines) is 1. The number of aromatic nitrogens is 1. The van der Waals surface area contributed by atoms with E-state index in [-0.39, 0.29) is 16.9 Å². The summed E-state index contributed by atoms with van der Waals surface area (Å²) in [5.74, 6) is 1.06. The van der Waals surface area contributed by atoms with E-state index in [0.29, 0.717) is 55.7 Å². The third kappa shape index (κ3) is 5.21. The lowest BCUT2D eigenvalue weighted by molar-refractivity contribution is 0.0595. The Morgan fingerprint density at radius 2 is 1.81 bits per heavy atom. The minimum Gasteiger partial charge on any atom is -0.497 e. The summed E-state index contributed by atoms with van der Waals surface area (Å²) in [6.45, 7) is 4.33. The molecule has 0 bridgehead atoms. The molecule has 8 nitrogen and oxygen atoms in total. The molecule has 0 aliphatic carbocycles. The first-order chi connectivity index (χ1) is 17.3. The largest absolute Gasteiger partial charge is 0.497 e. The lowest BCUT2D eigenvalue weighted by Gasteiger charge is -2.32. The minimum absolute atomic E-state index is 0.00374. The smallest absolute Gasteiger partial charge is 0.274 e. The molecule has 5 rings (SSSR count). The molecular weight excluding hydrogens is 498 g/mol. The van der Waals surface area contributed by atoms with E-state index in [1.165, 1.54) is 11.3 Å². The van der Waals surface area contributed by atoms with Gasteiger partial charge in [0, 0.05) is 44.6 Å². The molecule has 10 heteroatoms. The van der Waals surface area contributed by atoms with Crippen molar-refractivity contribution in [2.45, 2.75) is 43.6 Å². The van der Waals surface area contributed by atoms with Crippen molar-refractivity contribution in [1.29, 1.82) is 0 Å². The van der Waals surface area contributed by atoms with Crippen molar-refractivity contribution < 1.29 is 22.7 Å². The molecule has 1 unspecified atom stereocenters. The van der Waals surface area contributed by atoms with Gasteiger partial charge in [0.05, 0.1) is 22.2 Å². The van der Waals surface area contributed by atoms with Crippen molar-refractivity contribution in [1.82, 2.24) is 14.2 Å². The van der Waals surface area contributed by atoms with Gasteiger partial charge in [-0.3, -0.25) is 4.79 Å². The van der Waals surface area contributed by atoms with Gasteiger partial charge >= 0.3 is 0 Å². The third-order valence-electron chi connectivity index (χ3n) is 6.93. The molecule has 1 amide bonds. The van der Waals surface area contributed by atoms with Crippen LogP contribution in [0.2, 0.25) is 0 Å². The van der Waals surface area contributed by atoms with Crippen LogP contribution < -0.4 is 9.47 Å². The number of ether oxygens (including phenoxy) is 2. The molecule has 0 spiro atoms. The fourth-order valence-corrected chi connectivity index (χ4v) is 7.35. The van der Waals surface area contributed by atoms with Crippen molar-refractivity contribution in [3.63, 3.8) is 0 Å². The number of hydrogen-bond donors (Lipinski definition) is 0. The van der Waals surface area contributed by atoms with E-state index >= 15 is 0 Å². The van der Waals surface area contributed by atoms with Gasteiger partial charge in [0.25, 0.3) is 11.1 Å². The van der Waals surface area contributed by atoms with E-state index < -0.39 is 10.0 Å². The zero-order valence-corrected chi connectivity index (χ0v) is 22.2. The van der Waals surface area contributed by atoms with Gasteiger partial charge in [0.15, 0.2) is 0 Å². The Morgan fingerprint density at radius 1 is 1.06 bits per heavy atom. The fraction of sp³-hybridized carbons (Fsp3) is 0.462. The van der Waals surface area contributed by atoms with Crippen molar-refractivity contribution in [3.05, 3.63) is 48.0 Å². The molecule has 0 saturated carbocycles. The molecule has 36 heavy (non-hydrogen) atoms. The monoisotopic (exact) mass is 529 g/mol. The van der Waals surface area contributed by atoms with Crippen molar-refractivity contribution in [2.24, 2.45) is 5.92 Å². The first kappa shape index (κ1) is 25.0. The van der Waals surface area contributed by atoms with Crippen LogP contribution >= 0.6 is 11.3 Å². The summed E-state index contributed by atoms with van der Waals surface area (Å²) in [6.07, 6.45) is 3.35. The summed E-state index contributed by atoms with van der Waals surface area (Å²) in [6, 6.07) is 12.1. The maximum atomic E-state index is 13.1. The SMILES string of the molecule is COc1ccc2nc(OC3CCN(C(=O)c4ccc(S(=O)(=O)N5CCCC(C)C5)cc4)CC3)sc2c1. The summed E-state index contributed by atoms with van der Waals surface area (Å²) in [7, 11) is -1.89. The Labute approximate surface area is 215 Å². The molecular formula is C26H31N3O5S2. The standard InChI is InChI=1S/C26H31N3O5S2/c1-18-4-3-13-29(17-18)36(31,32)22-8-5-19(6-9-22)25(30)28-14-11-20(12-15-28)34-26-27-23-10-7-21(33-2)16-24(23)35-26/h5-10,16,18,20H,3-4,11-15,17H2,1-2H3. The van der Waals surface area contributed by atoms with Gasteiger partial charge in [0.2, 0.25) is 10.0 Å². The van der Waals surface area contributed by atoms with Crippen molar-refractivity contribution >= 4 is 37.5 Å². The van der Waals surface area contributed by atoms with Gasteiger partial charge in [-0.25, -0.2) is 13.4 Å². The van der Waals surface area contributed by atoms with Crippen LogP contribution in [0.5, 0.6) is 10.9 Å². The van der Waals surface area contributed by atoms with E-state index in [1.54, 1.807) is 40.6 Å². The van der Waals surface area contributed by atoms with E-state index in [4.69, 9.17) is 9.47 Å². The molecule has 1 aromatic heterocycles. The number of amides is 1. The van der Waals surface area contributed by atoms with Gasteiger partial charge in [-0.2, -0.15) is 4.31 Å². The van der Waals surface area contributed by atoms with E-state index in [9.17, 15) is 13.2 Å². The van der Waals surface area contributed by atoms with E-state index in [1.807, 2.05) is 18.2 Å². The molecule has 0 N–H and O–H groups in total. The highest BCUT2D eigenvalue weighted by Crippen LogP contribution is 2.32. The second-order valence-corrected chi connectivity index (χ2v) is 12.5. The number of carbonyl (C=O) groups is 1. The number of rotatable bonds is 6. The summed E-state index contributed by atoms with van der Waals surface area (Å²) in [5.41, 5.74) is 1.38. The molecule has 2 aliphatic heterocycles. The second-order valence-electron chi connectivity index (χ2n) is 9.56. The number of thiazole rings is 1. The summed E-state index contributed by atoms with van der Waals surface area (Å²) >= 11 is 1.49. The lowest BCUT2D eigenvalue weighted by Crippen LogP contribution is -2.41. The van der Waals surface area contributed by atoms with Crippen LogP contribution in [0.4, 0.5) is 0 Å². The zero-order chi connectivity index (χ0) is 25.3. The van der Waals surface area contributed by atoms with Crippen LogP contribution in [-0.4, -0.2) is 67.9 Å². The number of methoxy groups -OCH3 is 1. The van der Waals surface area contributed by atoms with Gasteiger partial charge < -0.3 is 14.4 Å². The average molecular weight is 530 g/mol. The molecule has 3 aromatic rings. The molecule has 3 heterocycles. The summed E-state index contributed by atoms with van der Waals surface area (Å²) in [5, 5.41) is 0.628. The Bertz CT molecular complexity index is 1330. The van der Waals surface area contributed by atoms with Crippen LogP contribution in [0.15, 0.2) is 47.4 Å². The number of piperidine rings is 2. The third-order valence-corrected chi connectivity index (χ3v) is 9.72. The number of hydrogen-bond acceptors (Lipinski definition) is 7. The van der Waals surface area contributed by atoms with Crippen LogP contribution in [0.1, 0.15) is 43.0 Å². The number of fused-ring (bicyclic) bond motifs is 1. The Morgan fingerprint density at radius 3 is 2.50 bits per heavy atom. The maximum Gasteiger partial charge on any atom is 0.274 e. The quantitative estimate of drug-likeness (QED) is 0.470. The molecule has 2 aliphatic rings. The normalized spacial score (nSPS) is 19.9. The summed E-state index contributed by atoms with van der Waals surface area (Å²) < 4.78 is 40.0. The lowest BCUT2D eigenvalue weighted by atomic mass is 10.0. The number of nitrogens with zero attached hydrogens (tertiary/aromatic N) is 3. The van der Waals surface area contributed by atoms with E-state index in [2.05, 4.69) is 11.9 Å². The second kappa shape index (κ2) is 10.4. The Hall–Kier alpha value is -2.69. The molecule has 192 valence electrons. The minimum atomic E-state index is -3.53. The Balaban J connectivity index is 1.17. The fourth-order valence-electron chi connectivity index (χ4n) is 4.85.